The van der Waals surface area contributed by atoms with E-state index in [1.54, 1.807) is 0 Å². The van der Waals surface area contributed by atoms with Gasteiger partial charge in [0.1, 0.15) is 0 Å². The molecule has 3 fully saturated rings. The fourth-order valence-corrected chi connectivity index (χ4v) is 4.86. The minimum Gasteiger partial charge on any atom is -0.329 e. The maximum atomic E-state index is 6.28. The van der Waals surface area contributed by atoms with Crippen LogP contribution in [0.3, 0.4) is 0 Å². The Balaban J connectivity index is 1.74. The summed E-state index contributed by atoms with van der Waals surface area (Å²) in [4.78, 5) is 5.40. The first-order valence-electron chi connectivity index (χ1n) is 8.23. The highest BCUT2D eigenvalue weighted by Crippen LogP contribution is 2.44. The first kappa shape index (κ1) is 13.8. The molecule has 0 aromatic rings. The van der Waals surface area contributed by atoms with Gasteiger partial charge in [-0.25, -0.2) is 0 Å². The zero-order valence-corrected chi connectivity index (χ0v) is 12.9. The quantitative estimate of drug-likeness (QED) is 0.846. The number of hydrogen-bond donors (Lipinski definition) is 1. The van der Waals surface area contributed by atoms with E-state index in [1.807, 2.05) is 0 Å². The van der Waals surface area contributed by atoms with Gasteiger partial charge in [-0.3, -0.25) is 4.90 Å². The van der Waals surface area contributed by atoms with Crippen LogP contribution >= 0.6 is 0 Å². The average molecular weight is 265 g/mol. The van der Waals surface area contributed by atoms with Crippen molar-refractivity contribution in [2.75, 3.05) is 26.7 Å². The van der Waals surface area contributed by atoms with Crippen molar-refractivity contribution in [1.29, 1.82) is 0 Å². The lowest BCUT2D eigenvalue weighted by molar-refractivity contribution is 0.0116. The summed E-state index contributed by atoms with van der Waals surface area (Å²) in [5.41, 5.74) is 6.60. The number of fused-ring (bicyclic) bond motifs is 2. The summed E-state index contributed by atoms with van der Waals surface area (Å²) in [6.07, 6.45) is 6.78. The van der Waals surface area contributed by atoms with Crippen LogP contribution in [0.15, 0.2) is 0 Å². The SMILES string of the molecule is CC(C)C1CCN(C2(CN)CC3CCC(C2)N3C)C1. The molecule has 110 valence electrons. The second-order valence-corrected chi connectivity index (χ2v) is 7.63. The molecule has 3 saturated heterocycles. The van der Waals surface area contributed by atoms with E-state index in [4.69, 9.17) is 5.73 Å². The number of hydrogen-bond acceptors (Lipinski definition) is 3. The molecule has 0 spiro atoms. The summed E-state index contributed by atoms with van der Waals surface area (Å²) in [6, 6.07) is 1.58. The van der Waals surface area contributed by atoms with E-state index in [0.29, 0.717) is 5.54 Å². The average Bonchev–Trinajstić information content (AvgIpc) is 2.94. The maximum Gasteiger partial charge on any atom is 0.0361 e. The third kappa shape index (κ3) is 2.24. The van der Waals surface area contributed by atoms with Crippen LogP contribution in [-0.2, 0) is 0 Å². The van der Waals surface area contributed by atoms with Gasteiger partial charge in [0, 0.05) is 30.7 Å². The predicted octanol–water partition coefficient (Wildman–Crippen LogP) is 1.92. The summed E-state index contributed by atoms with van der Waals surface area (Å²) in [5.74, 6) is 1.71. The Labute approximate surface area is 118 Å². The van der Waals surface area contributed by atoms with Gasteiger partial charge in [0.25, 0.3) is 0 Å². The smallest absolute Gasteiger partial charge is 0.0361 e. The molecule has 3 rings (SSSR count). The molecular weight excluding hydrogens is 234 g/mol. The van der Waals surface area contributed by atoms with Crippen LogP contribution < -0.4 is 5.73 Å². The summed E-state index contributed by atoms with van der Waals surface area (Å²) in [5, 5.41) is 0. The topological polar surface area (TPSA) is 32.5 Å². The highest BCUT2D eigenvalue weighted by Gasteiger charge is 2.50. The summed E-state index contributed by atoms with van der Waals surface area (Å²) < 4.78 is 0. The van der Waals surface area contributed by atoms with Crippen molar-refractivity contribution in [3.05, 3.63) is 0 Å². The molecule has 0 saturated carbocycles. The molecule has 0 amide bonds. The normalized spacial score (nSPS) is 44.4. The van der Waals surface area contributed by atoms with Crippen molar-refractivity contribution in [1.82, 2.24) is 9.80 Å². The summed E-state index contributed by atoms with van der Waals surface area (Å²) in [7, 11) is 2.32. The van der Waals surface area contributed by atoms with E-state index in [9.17, 15) is 0 Å². The zero-order chi connectivity index (χ0) is 13.6. The van der Waals surface area contributed by atoms with Crippen LogP contribution in [-0.4, -0.2) is 54.1 Å². The van der Waals surface area contributed by atoms with Crippen molar-refractivity contribution in [2.45, 2.75) is 63.6 Å². The molecule has 0 aromatic heterocycles. The molecule has 2 N–H and O–H groups in total. The van der Waals surface area contributed by atoms with Crippen LogP contribution in [0.25, 0.3) is 0 Å². The van der Waals surface area contributed by atoms with Gasteiger partial charge in [0.15, 0.2) is 0 Å². The Bertz CT molecular complexity index is 314. The van der Waals surface area contributed by atoms with Crippen LogP contribution in [0.2, 0.25) is 0 Å². The fraction of sp³-hybridized carbons (Fsp3) is 1.00. The fourth-order valence-electron chi connectivity index (χ4n) is 4.86. The molecule has 3 unspecified atom stereocenters. The molecule has 0 aliphatic carbocycles. The predicted molar refractivity (Wildman–Crippen MR) is 80.1 cm³/mol. The van der Waals surface area contributed by atoms with Gasteiger partial charge in [-0.05, 0) is 57.5 Å². The Kier molecular flexibility index (Phi) is 3.65. The van der Waals surface area contributed by atoms with Crippen molar-refractivity contribution >= 4 is 0 Å². The van der Waals surface area contributed by atoms with Crippen molar-refractivity contribution in [2.24, 2.45) is 17.6 Å². The monoisotopic (exact) mass is 265 g/mol. The van der Waals surface area contributed by atoms with Crippen LogP contribution in [0.5, 0.6) is 0 Å². The van der Waals surface area contributed by atoms with Gasteiger partial charge in [-0.2, -0.15) is 0 Å². The minimum atomic E-state index is 0.321. The van der Waals surface area contributed by atoms with E-state index in [-0.39, 0.29) is 0 Å². The van der Waals surface area contributed by atoms with E-state index < -0.39 is 0 Å². The van der Waals surface area contributed by atoms with Crippen LogP contribution in [0.4, 0.5) is 0 Å². The van der Waals surface area contributed by atoms with Crippen LogP contribution in [0, 0.1) is 11.8 Å². The molecule has 3 heterocycles. The Morgan fingerprint density at radius 1 is 1.16 bits per heavy atom. The molecule has 3 aliphatic rings. The molecule has 3 heteroatoms. The van der Waals surface area contributed by atoms with Gasteiger partial charge in [-0.15, -0.1) is 0 Å². The van der Waals surface area contributed by atoms with E-state index in [0.717, 1.165) is 30.5 Å². The third-order valence-corrected chi connectivity index (χ3v) is 6.43. The minimum absolute atomic E-state index is 0.321. The largest absolute Gasteiger partial charge is 0.329 e. The molecule has 3 aliphatic heterocycles. The lowest BCUT2D eigenvalue weighted by Crippen LogP contribution is -2.61. The van der Waals surface area contributed by atoms with Gasteiger partial charge in [0.05, 0.1) is 0 Å². The number of rotatable bonds is 3. The molecule has 19 heavy (non-hydrogen) atoms. The number of nitrogens with two attached hydrogens (primary N) is 1. The van der Waals surface area contributed by atoms with E-state index in [1.165, 1.54) is 45.2 Å². The number of piperidine rings is 1. The summed E-state index contributed by atoms with van der Waals surface area (Å²) >= 11 is 0. The van der Waals surface area contributed by atoms with E-state index in [2.05, 4.69) is 30.7 Å². The highest BCUT2D eigenvalue weighted by molar-refractivity contribution is 5.07. The van der Waals surface area contributed by atoms with Gasteiger partial charge in [-0.1, -0.05) is 13.8 Å². The zero-order valence-electron chi connectivity index (χ0n) is 12.9. The van der Waals surface area contributed by atoms with Crippen LogP contribution in [0.1, 0.15) is 46.0 Å². The first-order chi connectivity index (χ1) is 9.05. The Morgan fingerprint density at radius 3 is 2.26 bits per heavy atom. The standard InChI is InChI=1S/C16H31N3/c1-12(2)13-6-7-19(10-13)16(11-17)8-14-4-5-15(9-16)18(14)3/h12-15H,4-11,17H2,1-3H3. The third-order valence-electron chi connectivity index (χ3n) is 6.43. The molecule has 0 radical (unpaired) electrons. The molecule has 2 bridgehead atoms. The second kappa shape index (κ2) is 5.01. The van der Waals surface area contributed by atoms with Gasteiger partial charge < -0.3 is 10.6 Å². The lowest BCUT2D eigenvalue weighted by Gasteiger charge is -2.50. The molecule has 3 atom stereocenters. The first-order valence-corrected chi connectivity index (χ1v) is 8.23. The Hall–Kier alpha value is -0.120. The molecule has 0 aromatic carbocycles. The van der Waals surface area contributed by atoms with Crippen molar-refractivity contribution < 1.29 is 0 Å². The molecule has 3 nitrogen and oxygen atoms in total. The maximum absolute atomic E-state index is 6.28. The second-order valence-electron chi connectivity index (χ2n) is 7.63. The number of likely N-dealkylation sites (tertiary alicyclic amines) is 1. The van der Waals surface area contributed by atoms with Gasteiger partial charge >= 0.3 is 0 Å². The lowest BCUT2D eigenvalue weighted by atomic mass is 9.81. The van der Waals surface area contributed by atoms with Crippen molar-refractivity contribution in [3.8, 4) is 0 Å². The van der Waals surface area contributed by atoms with E-state index >= 15 is 0 Å². The number of nitrogens with zero attached hydrogens (tertiary/aromatic N) is 2. The Morgan fingerprint density at radius 2 is 1.79 bits per heavy atom. The molecular formula is C16H31N3. The van der Waals surface area contributed by atoms with Crippen molar-refractivity contribution in [3.63, 3.8) is 0 Å². The van der Waals surface area contributed by atoms with Gasteiger partial charge in [0.2, 0.25) is 0 Å². The highest BCUT2D eigenvalue weighted by atomic mass is 15.3. The summed E-state index contributed by atoms with van der Waals surface area (Å²) in [6.45, 7) is 8.18.